The highest BCUT2D eigenvalue weighted by Crippen LogP contribution is 2.31. The van der Waals surface area contributed by atoms with E-state index in [1.54, 1.807) is 0 Å². The molecule has 4 N–H and O–H groups in total. The van der Waals surface area contributed by atoms with Crippen molar-refractivity contribution in [2.75, 3.05) is 6.61 Å². The molecule has 1 aliphatic heterocycles. The molecule has 0 aromatic rings. The van der Waals surface area contributed by atoms with Gasteiger partial charge in [0, 0.05) is 6.92 Å². The molecule has 0 amide bonds. The smallest absolute Gasteiger partial charge is 0.311 e. The van der Waals surface area contributed by atoms with E-state index in [1.165, 1.54) is 0 Å². The van der Waals surface area contributed by atoms with Gasteiger partial charge < -0.3 is 25.2 Å². The van der Waals surface area contributed by atoms with Gasteiger partial charge in [0.05, 0.1) is 6.61 Å². The minimum atomic E-state index is -3.03. The Morgan fingerprint density at radius 1 is 1.39 bits per heavy atom. The van der Waals surface area contributed by atoms with E-state index < -0.39 is 53.0 Å². The van der Waals surface area contributed by atoms with Gasteiger partial charge in [-0.2, -0.15) is 12.8 Å². The van der Waals surface area contributed by atoms with Gasteiger partial charge in [0.1, 0.15) is 18.3 Å². The summed E-state index contributed by atoms with van der Waals surface area (Å²) in [7, 11) is -3.03. The van der Waals surface area contributed by atoms with Gasteiger partial charge in [-0.05, 0) is 0 Å². The zero-order valence-corrected chi connectivity index (χ0v) is 10.1. The maximum Gasteiger partial charge on any atom is 0.311 e. The summed E-state index contributed by atoms with van der Waals surface area (Å²) < 4.78 is 28.7. The van der Waals surface area contributed by atoms with Gasteiger partial charge >= 0.3 is 10.5 Å². The van der Waals surface area contributed by atoms with Crippen LogP contribution in [-0.4, -0.2) is 71.4 Å². The minimum Gasteiger partial charge on any atom is -0.394 e. The highest BCUT2D eigenvalue weighted by molar-refractivity contribution is 7.61. The fraction of sp³-hybridized carbons (Fsp3) is 0.875. The van der Waals surface area contributed by atoms with Crippen LogP contribution < -0.4 is 0 Å². The van der Waals surface area contributed by atoms with Gasteiger partial charge in [0.25, 0.3) is 5.79 Å². The Labute approximate surface area is 103 Å². The Morgan fingerprint density at radius 2 is 1.94 bits per heavy atom. The average Bonchev–Trinajstić information content (AvgIpc) is 2.29. The summed E-state index contributed by atoms with van der Waals surface area (Å²) in [6.45, 7) is 0.121. The van der Waals surface area contributed by atoms with Crippen LogP contribution in [0, 0.1) is 0 Å². The molecule has 18 heavy (non-hydrogen) atoms. The van der Waals surface area contributed by atoms with Crippen molar-refractivity contribution in [3.05, 3.63) is 0 Å². The zero-order valence-electron chi connectivity index (χ0n) is 9.29. The molecule has 10 heteroatoms. The van der Waals surface area contributed by atoms with E-state index in [-0.39, 0.29) is 0 Å². The number of ether oxygens (including phenoxy) is 1. The number of ketones is 1. The van der Waals surface area contributed by atoms with E-state index in [0.717, 1.165) is 6.92 Å². The normalized spacial score (nSPS) is 40.3. The first-order valence-electron chi connectivity index (χ1n) is 4.92. The Kier molecular flexibility index (Phi) is 4.53. The van der Waals surface area contributed by atoms with Gasteiger partial charge in [-0.15, -0.1) is 0 Å². The average molecular weight is 283 g/mol. The van der Waals surface area contributed by atoms with Crippen LogP contribution in [0.15, 0.2) is 4.36 Å². The van der Waals surface area contributed by atoms with Crippen LogP contribution in [0.5, 0.6) is 0 Å². The fourth-order valence-electron chi connectivity index (χ4n) is 1.67. The van der Waals surface area contributed by atoms with E-state index in [1.807, 2.05) is 0 Å². The van der Waals surface area contributed by atoms with Crippen molar-refractivity contribution in [1.29, 1.82) is 0 Å². The Morgan fingerprint density at radius 3 is 2.33 bits per heavy atom. The van der Waals surface area contributed by atoms with E-state index >= 15 is 0 Å². The number of carbonyl (C=O) groups excluding carboxylic acids is 1. The number of carbonyl (C=O) groups is 1. The van der Waals surface area contributed by atoms with Gasteiger partial charge in [-0.1, -0.05) is 0 Å². The number of rotatable bonds is 3. The minimum absolute atomic E-state index is 0.777. The monoisotopic (exact) mass is 283 g/mol. The second-order valence-corrected chi connectivity index (χ2v) is 4.49. The van der Waals surface area contributed by atoms with Crippen molar-refractivity contribution in [3.63, 3.8) is 0 Å². The molecule has 104 valence electrons. The van der Waals surface area contributed by atoms with Crippen LogP contribution in [0.3, 0.4) is 0 Å². The number of hydrogen-bond acceptors (Lipinski definition) is 9. The Bertz CT molecular complexity index is 454. The Hall–Kier alpha value is -0.910. The van der Waals surface area contributed by atoms with E-state index in [9.17, 15) is 28.5 Å². The molecule has 0 aromatic heterocycles. The van der Waals surface area contributed by atoms with E-state index in [4.69, 9.17) is 9.84 Å². The lowest BCUT2D eigenvalue weighted by Crippen LogP contribution is -2.67. The summed E-state index contributed by atoms with van der Waals surface area (Å²) in [6, 6.07) is -1.90. The molecule has 1 unspecified atom stereocenters. The third kappa shape index (κ3) is 2.58. The maximum atomic E-state index is 11.3. The molecule has 1 rings (SSSR count). The zero-order chi connectivity index (χ0) is 14.1. The molecule has 0 bridgehead atoms. The maximum absolute atomic E-state index is 11.3. The molecule has 0 aliphatic carbocycles. The Balaban J connectivity index is 3.26. The lowest BCUT2D eigenvalue weighted by Gasteiger charge is -2.43. The summed E-state index contributed by atoms with van der Waals surface area (Å²) in [6.07, 6.45) is -4.99. The molecule has 0 spiro atoms. The second-order valence-electron chi connectivity index (χ2n) is 3.84. The topological polar surface area (TPSA) is 154 Å². The summed E-state index contributed by atoms with van der Waals surface area (Å²) >= 11 is 0. The predicted octanol–water partition coefficient (Wildman–Crippen LogP) is -3.19. The van der Waals surface area contributed by atoms with E-state index in [0.29, 0.717) is 0 Å². The van der Waals surface area contributed by atoms with Crippen LogP contribution >= 0.6 is 0 Å². The second kappa shape index (κ2) is 5.38. The first kappa shape index (κ1) is 15.1. The van der Waals surface area contributed by atoms with Gasteiger partial charge in [-0.25, -0.2) is 0 Å². The van der Waals surface area contributed by atoms with Crippen molar-refractivity contribution in [3.8, 4) is 0 Å². The number of aliphatic hydroxyl groups is 4. The molecule has 1 saturated heterocycles. The number of hydrogen-bond donors (Lipinski definition) is 4. The van der Waals surface area contributed by atoms with Crippen LogP contribution in [0.2, 0.25) is 0 Å². The highest BCUT2D eigenvalue weighted by atomic mass is 32.2. The number of aliphatic hydroxyl groups excluding tert-OH is 3. The van der Waals surface area contributed by atoms with Crippen molar-refractivity contribution >= 4 is 16.3 Å². The van der Waals surface area contributed by atoms with Gasteiger partial charge in [0.15, 0.2) is 11.8 Å². The van der Waals surface area contributed by atoms with Crippen LogP contribution in [0.25, 0.3) is 0 Å². The number of Topliss-reactive ketones (excluding diaryl/α,β-unsaturated/α-hetero) is 1. The lowest BCUT2D eigenvalue weighted by atomic mass is 9.89. The third-order valence-electron chi connectivity index (χ3n) is 2.67. The molecular formula is C8H13NO8S. The highest BCUT2D eigenvalue weighted by Gasteiger charge is 2.56. The van der Waals surface area contributed by atoms with Crippen molar-refractivity contribution in [1.82, 2.24) is 0 Å². The van der Waals surface area contributed by atoms with Crippen molar-refractivity contribution in [2.24, 2.45) is 4.36 Å². The largest absolute Gasteiger partial charge is 0.394 e. The molecule has 1 heterocycles. The molecular weight excluding hydrogens is 270 g/mol. The van der Waals surface area contributed by atoms with Crippen molar-refractivity contribution in [2.45, 2.75) is 37.1 Å². The van der Waals surface area contributed by atoms with Gasteiger partial charge in [0.2, 0.25) is 0 Å². The first-order valence-corrected chi connectivity index (χ1v) is 5.95. The predicted molar refractivity (Wildman–Crippen MR) is 54.7 cm³/mol. The fourth-order valence-corrected chi connectivity index (χ4v) is 2.12. The molecule has 0 radical (unpaired) electrons. The molecule has 9 nitrogen and oxygen atoms in total. The van der Waals surface area contributed by atoms with Crippen LogP contribution in [0.1, 0.15) is 6.92 Å². The quantitative estimate of drug-likeness (QED) is 0.422. The van der Waals surface area contributed by atoms with Crippen LogP contribution in [0.4, 0.5) is 0 Å². The van der Waals surface area contributed by atoms with Crippen molar-refractivity contribution < 1.29 is 38.4 Å². The molecule has 1 aliphatic rings. The summed E-state index contributed by atoms with van der Waals surface area (Å²) in [5, 5.41) is 38.0. The third-order valence-corrected chi connectivity index (χ3v) is 3.07. The molecule has 0 aromatic carbocycles. The lowest BCUT2D eigenvalue weighted by molar-refractivity contribution is -0.296. The summed E-state index contributed by atoms with van der Waals surface area (Å²) in [4.78, 5) is 11.3. The SMILES string of the molecule is CC(=O)C1(O)O[C@H](CO)[C@@H](O)[C@H](O)[C@H]1N=S(=O)=O. The van der Waals surface area contributed by atoms with Gasteiger partial charge in [-0.3, -0.25) is 4.79 Å². The van der Waals surface area contributed by atoms with Crippen LogP contribution in [-0.2, 0) is 20.0 Å². The molecule has 1 fully saturated rings. The molecule has 0 saturated carbocycles. The number of nitrogens with zero attached hydrogens (tertiary/aromatic N) is 1. The summed E-state index contributed by atoms with van der Waals surface area (Å²) in [5.41, 5.74) is 0. The standard InChI is InChI=1S/C8H13NO8S/c1-3(11)8(14)7(9-18(15)16)6(13)5(12)4(2-10)17-8/h4-7,10,12-14H,2H2,1H3/t4-,5-,6+,7-,8?/m1/s1. The molecule has 5 atom stereocenters. The first-order chi connectivity index (χ1) is 8.24. The van der Waals surface area contributed by atoms with E-state index in [2.05, 4.69) is 4.36 Å². The summed E-state index contributed by atoms with van der Waals surface area (Å²) in [5.74, 6) is -3.72.